The molecule has 1 saturated heterocycles. The Hall–Kier alpha value is -2.01. The molecule has 0 spiro atoms. The molecule has 25 heavy (non-hydrogen) atoms. The molecule has 1 aromatic carbocycles. The minimum Gasteiger partial charge on any atom is -0.493 e. The van der Waals surface area contributed by atoms with Crippen molar-refractivity contribution in [1.82, 2.24) is 10.2 Å². The molecule has 138 valence electrons. The van der Waals surface area contributed by atoms with Gasteiger partial charge in [-0.15, -0.1) is 0 Å². The van der Waals surface area contributed by atoms with Gasteiger partial charge in [0, 0.05) is 12.6 Å². The van der Waals surface area contributed by atoms with Gasteiger partial charge in [-0.2, -0.15) is 0 Å². The second kappa shape index (κ2) is 10.8. The molecule has 1 aromatic rings. The van der Waals surface area contributed by atoms with Crippen molar-refractivity contribution in [3.8, 4) is 11.5 Å². The maximum atomic E-state index is 11.9. The largest absolute Gasteiger partial charge is 0.493 e. The third-order valence-electron chi connectivity index (χ3n) is 4.31. The quantitative estimate of drug-likeness (QED) is 0.551. The number of hydrogen-bond acceptors (Lipinski definition) is 4. The Morgan fingerprint density at radius 2 is 2.04 bits per heavy atom. The summed E-state index contributed by atoms with van der Waals surface area (Å²) in [6.07, 6.45) is 8.33. The fourth-order valence-electron chi connectivity index (χ4n) is 2.99. The Labute approximate surface area is 151 Å². The molecule has 0 aliphatic carbocycles. The average molecular weight is 346 g/mol. The molecule has 0 saturated carbocycles. The zero-order chi connectivity index (χ0) is 17.9. The van der Waals surface area contributed by atoms with Crippen LogP contribution in [0.4, 0.5) is 0 Å². The smallest absolute Gasteiger partial charge is 0.243 e. The van der Waals surface area contributed by atoms with Gasteiger partial charge in [0.15, 0.2) is 11.5 Å². The Morgan fingerprint density at radius 1 is 1.24 bits per heavy atom. The fourth-order valence-corrected chi connectivity index (χ4v) is 2.99. The number of amides is 1. The molecule has 0 radical (unpaired) electrons. The van der Waals surface area contributed by atoms with E-state index in [9.17, 15) is 4.79 Å². The number of carbonyl (C=O) groups is 1. The van der Waals surface area contributed by atoms with Crippen LogP contribution in [0.25, 0.3) is 6.08 Å². The van der Waals surface area contributed by atoms with Gasteiger partial charge in [0.1, 0.15) is 0 Å². The molecule has 1 N–H and O–H groups in total. The summed E-state index contributed by atoms with van der Waals surface area (Å²) in [5, 5.41) is 2.95. The van der Waals surface area contributed by atoms with E-state index in [1.165, 1.54) is 32.4 Å². The first kappa shape index (κ1) is 19.3. The highest BCUT2D eigenvalue weighted by atomic mass is 16.5. The molecule has 0 atom stereocenters. The maximum Gasteiger partial charge on any atom is 0.243 e. The van der Waals surface area contributed by atoms with Crippen LogP contribution in [0.2, 0.25) is 0 Å². The second-order valence-corrected chi connectivity index (χ2v) is 6.22. The van der Waals surface area contributed by atoms with E-state index in [0.29, 0.717) is 24.7 Å². The number of carbonyl (C=O) groups excluding carboxylic acids is 1. The molecule has 1 amide bonds. The lowest BCUT2D eigenvalue weighted by Crippen LogP contribution is -2.33. The van der Waals surface area contributed by atoms with E-state index in [0.717, 1.165) is 18.5 Å². The third kappa shape index (κ3) is 6.78. The summed E-state index contributed by atoms with van der Waals surface area (Å²) in [5.41, 5.74) is 0.910. The SMILES string of the molecule is CCOc1cc(/C=C/C(=O)NCCCN2CCCCC2)ccc1OC. The number of methoxy groups -OCH3 is 1. The van der Waals surface area contributed by atoms with Crippen molar-refractivity contribution in [2.75, 3.05) is 39.9 Å². The van der Waals surface area contributed by atoms with Crippen LogP contribution in [0.3, 0.4) is 0 Å². The zero-order valence-electron chi connectivity index (χ0n) is 15.4. The van der Waals surface area contributed by atoms with Crippen LogP contribution in [0.15, 0.2) is 24.3 Å². The molecule has 2 rings (SSSR count). The number of nitrogens with zero attached hydrogens (tertiary/aromatic N) is 1. The Balaban J connectivity index is 1.74. The van der Waals surface area contributed by atoms with E-state index >= 15 is 0 Å². The van der Waals surface area contributed by atoms with Crippen molar-refractivity contribution in [2.24, 2.45) is 0 Å². The topological polar surface area (TPSA) is 50.8 Å². The van der Waals surface area contributed by atoms with Crippen molar-refractivity contribution < 1.29 is 14.3 Å². The average Bonchev–Trinajstić information content (AvgIpc) is 2.65. The summed E-state index contributed by atoms with van der Waals surface area (Å²) in [6, 6.07) is 5.63. The first-order chi connectivity index (χ1) is 12.2. The van der Waals surface area contributed by atoms with E-state index in [2.05, 4.69) is 10.2 Å². The van der Waals surface area contributed by atoms with Gasteiger partial charge in [-0.1, -0.05) is 12.5 Å². The fraction of sp³-hybridized carbons (Fsp3) is 0.550. The van der Waals surface area contributed by atoms with E-state index < -0.39 is 0 Å². The molecule has 5 heteroatoms. The van der Waals surface area contributed by atoms with Gasteiger partial charge in [0.05, 0.1) is 13.7 Å². The van der Waals surface area contributed by atoms with E-state index in [4.69, 9.17) is 9.47 Å². The van der Waals surface area contributed by atoms with Gasteiger partial charge in [0.25, 0.3) is 0 Å². The standard InChI is InChI=1S/C20H30N2O3/c1-3-25-19-16-17(8-10-18(19)24-2)9-11-20(23)21-12-7-15-22-13-5-4-6-14-22/h8-11,16H,3-7,12-15H2,1-2H3,(H,21,23)/b11-9+. The first-order valence-electron chi connectivity index (χ1n) is 9.22. The summed E-state index contributed by atoms with van der Waals surface area (Å²) in [5.74, 6) is 1.32. The van der Waals surface area contributed by atoms with Gasteiger partial charge in [0.2, 0.25) is 5.91 Å². The second-order valence-electron chi connectivity index (χ2n) is 6.22. The molecule has 1 fully saturated rings. The molecule has 0 aromatic heterocycles. The van der Waals surface area contributed by atoms with E-state index in [1.807, 2.05) is 25.1 Å². The lowest BCUT2D eigenvalue weighted by atomic mass is 10.1. The minimum atomic E-state index is -0.0626. The Morgan fingerprint density at radius 3 is 2.76 bits per heavy atom. The van der Waals surface area contributed by atoms with Gasteiger partial charge in [-0.05, 0) is 69.6 Å². The van der Waals surface area contributed by atoms with Crippen molar-refractivity contribution in [3.05, 3.63) is 29.8 Å². The Bertz CT molecular complexity index is 566. The lowest BCUT2D eigenvalue weighted by Gasteiger charge is -2.26. The number of hydrogen-bond donors (Lipinski definition) is 1. The molecule has 0 unspecified atom stereocenters. The highest BCUT2D eigenvalue weighted by Crippen LogP contribution is 2.28. The predicted molar refractivity (Wildman–Crippen MR) is 101 cm³/mol. The molecular formula is C20H30N2O3. The van der Waals surface area contributed by atoms with Crippen LogP contribution in [0.1, 0.15) is 38.2 Å². The predicted octanol–water partition coefficient (Wildman–Crippen LogP) is 3.10. The number of ether oxygens (including phenoxy) is 2. The molecule has 1 aliphatic rings. The van der Waals surface area contributed by atoms with Gasteiger partial charge >= 0.3 is 0 Å². The molecule has 0 bridgehead atoms. The van der Waals surface area contributed by atoms with Crippen molar-refractivity contribution in [1.29, 1.82) is 0 Å². The van der Waals surface area contributed by atoms with Crippen LogP contribution in [0.5, 0.6) is 11.5 Å². The normalized spacial score (nSPS) is 15.3. The Kier molecular flexibility index (Phi) is 8.32. The summed E-state index contributed by atoms with van der Waals surface area (Å²) in [6.45, 7) is 6.69. The maximum absolute atomic E-state index is 11.9. The van der Waals surface area contributed by atoms with Crippen LogP contribution in [0, 0.1) is 0 Å². The van der Waals surface area contributed by atoms with Gasteiger partial charge in [-0.25, -0.2) is 0 Å². The highest BCUT2D eigenvalue weighted by molar-refractivity contribution is 5.91. The van der Waals surface area contributed by atoms with E-state index in [1.54, 1.807) is 19.3 Å². The molecule has 1 heterocycles. The van der Waals surface area contributed by atoms with Crippen molar-refractivity contribution >= 4 is 12.0 Å². The number of rotatable bonds is 9. The van der Waals surface area contributed by atoms with Crippen LogP contribution < -0.4 is 14.8 Å². The minimum absolute atomic E-state index is 0.0626. The van der Waals surface area contributed by atoms with Crippen LogP contribution in [-0.4, -0.2) is 50.7 Å². The molecular weight excluding hydrogens is 316 g/mol. The van der Waals surface area contributed by atoms with Gasteiger partial charge < -0.3 is 19.7 Å². The third-order valence-corrected chi connectivity index (χ3v) is 4.31. The molecule has 1 aliphatic heterocycles. The van der Waals surface area contributed by atoms with Gasteiger partial charge in [-0.3, -0.25) is 4.79 Å². The van der Waals surface area contributed by atoms with Crippen molar-refractivity contribution in [3.63, 3.8) is 0 Å². The van der Waals surface area contributed by atoms with Crippen LogP contribution in [-0.2, 0) is 4.79 Å². The number of nitrogens with one attached hydrogen (secondary N) is 1. The number of piperidine rings is 1. The zero-order valence-corrected chi connectivity index (χ0v) is 15.4. The summed E-state index contributed by atoms with van der Waals surface area (Å²) in [4.78, 5) is 14.4. The van der Waals surface area contributed by atoms with Crippen LogP contribution >= 0.6 is 0 Å². The number of likely N-dealkylation sites (tertiary alicyclic amines) is 1. The number of benzene rings is 1. The van der Waals surface area contributed by atoms with E-state index in [-0.39, 0.29) is 5.91 Å². The summed E-state index contributed by atoms with van der Waals surface area (Å²) in [7, 11) is 1.62. The monoisotopic (exact) mass is 346 g/mol. The summed E-state index contributed by atoms with van der Waals surface area (Å²) < 4.78 is 10.8. The highest BCUT2D eigenvalue weighted by Gasteiger charge is 2.09. The first-order valence-corrected chi connectivity index (χ1v) is 9.22. The molecule has 5 nitrogen and oxygen atoms in total. The summed E-state index contributed by atoms with van der Waals surface area (Å²) >= 11 is 0. The van der Waals surface area contributed by atoms with Crippen molar-refractivity contribution in [2.45, 2.75) is 32.6 Å². The lowest BCUT2D eigenvalue weighted by molar-refractivity contribution is -0.116.